The van der Waals surface area contributed by atoms with Gasteiger partial charge in [0.2, 0.25) is 5.91 Å². The molecule has 1 rings (SSSR count). The molecule has 0 saturated heterocycles. The minimum atomic E-state index is -1.16. The lowest BCUT2D eigenvalue weighted by molar-refractivity contribution is -0.146. The average Bonchev–Trinajstić information content (AvgIpc) is 2.78. The molecule has 3 N–H and O–H groups in total. The first-order valence-corrected chi connectivity index (χ1v) is 6.25. The summed E-state index contributed by atoms with van der Waals surface area (Å²) in [6.45, 7) is 3.48. The van der Waals surface area contributed by atoms with Crippen molar-refractivity contribution in [1.82, 2.24) is 10.6 Å². The van der Waals surface area contributed by atoms with Crippen LogP contribution in [0.5, 0.6) is 0 Å². The van der Waals surface area contributed by atoms with E-state index in [-0.39, 0.29) is 12.5 Å². The van der Waals surface area contributed by atoms with Crippen LogP contribution in [0.15, 0.2) is 0 Å². The van der Waals surface area contributed by atoms with Gasteiger partial charge in [-0.05, 0) is 26.2 Å². The third kappa shape index (κ3) is 4.00. The fourth-order valence-electron chi connectivity index (χ4n) is 2.01. The van der Waals surface area contributed by atoms with Crippen LogP contribution in [0.2, 0.25) is 0 Å². The van der Waals surface area contributed by atoms with Gasteiger partial charge in [0.15, 0.2) is 0 Å². The summed E-state index contributed by atoms with van der Waals surface area (Å²) in [6.07, 6.45) is 5.01. The Hall–Kier alpha value is -1.10. The molecule has 0 aliphatic heterocycles. The number of nitrogens with one attached hydrogen (secondary N) is 2. The number of carboxylic acid groups (broad SMARTS) is 1. The molecule has 5 heteroatoms. The summed E-state index contributed by atoms with van der Waals surface area (Å²) in [5.41, 5.74) is -1.16. The topological polar surface area (TPSA) is 78.4 Å². The Morgan fingerprint density at radius 2 is 1.94 bits per heavy atom. The molecule has 98 valence electrons. The molecule has 17 heavy (non-hydrogen) atoms. The molecule has 0 spiro atoms. The molecule has 1 aliphatic carbocycles. The number of aliphatic carboxylic acids is 1. The zero-order valence-corrected chi connectivity index (χ0v) is 10.6. The van der Waals surface area contributed by atoms with E-state index in [9.17, 15) is 9.59 Å². The van der Waals surface area contributed by atoms with E-state index in [1.54, 1.807) is 6.92 Å². The van der Waals surface area contributed by atoms with Gasteiger partial charge in [0.05, 0.1) is 6.54 Å². The Labute approximate surface area is 102 Å². The Balaban J connectivity index is 2.34. The van der Waals surface area contributed by atoms with E-state index in [0.717, 1.165) is 12.8 Å². The molecule has 1 atom stereocenters. The zero-order valence-electron chi connectivity index (χ0n) is 10.6. The normalized spacial score (nSPS) is 19.9. The first-order chi connectivity index (χ1) is 7.98. The summed E-state index contributed by atoms with van der Waals surface area (Å²) in [5.74, 6) is -1.24. The first-order valence-electron chi connectivity index (χ1n) is 6.25. The highest BCUT2D eigenvalue weighted by Gasteiger charge is 2.32. The highest BCUT2D eigenvalue weighted by molar-refractivity contribution is 5.87. The monoisotopic (exact) mass is 242 g/mol. The number of carboxylic acids is 1. The molecule has 0 aromatic heterocycles. The van der Waals surface area contributed by atoms with E-state index >= 15 is 0 Å². The average molecular weight is 242 g/mol. The largest absolute Gasteiger partial charge is 0.480 e. The molecule has 0 aromatic carbocycles. The lowest BCUT2D eigenvalue weighted by Crippen LogP contribution is -2.54. The number of hydrogen-bond donors (Lipinski definition) is 3. The Morgan fingerprint density at radius 1 is 1.35 bits per heavy atom. The standard InChI is InChI=1S/C12H22N2O3/c1-3-12(2,11(16)17)14-10(15)8-13-9-6-4-5-7-9/h9,13H,3-8H2,1-2H3,(H,14,15)(H,16,17). The minimum absolute atomic E-state index is 0.202. The number of rotatable bonds is 6. The van der Waals surface area contributed by atoms with Crippen LogP contribution >= 0.6 is 0 Å². The molecule has 0 aromatic rings. The van der Waals surface area contributed by atoms with E-state index in [1.807, 2.05) is 0 Å². The highest BCUT2D eigenvalue weighted by Crippen LogP contribution is 2.17. The zero-order chi connectivity index (χ0) is 12.9. The summed E-state index contributed by atoms with van der Waals surface area (Å²) < 4.78 is 0. The maximum Gasteiger partial charge on any atom is 0.329 e. The van der Waals surface area contributed by atoms with Crippen molar-refractivity contribution in [3.63, 3.8) is 0 Å². The van der Waals surface area contributed by atoms with E-state index < -0.39 is 11.5 Å². The second-order valence-electron chi connectivity index (χ2n) is 4.90. The second kappa shape index (κ2) is 6.00. The van der Waals surface area contributed by atoms with Crippen molar-refractivity contribution >= 4 is 11.9 Å². The van der Waals surface area contributed by atoms with Crippen molar-refractivity contribution in [2.24, 2.45) is 0 Å². The predicted octanol–water partition coefficient (Wildman–Crippen LogP) is 0.888. The molecule has 1 aliphatic rings. The summed E-state index contributed by atoms with van der Waals surface area (Å²) in [4.78, 5) is 22.7. The quantitative estimate of drug-likeness (QED) is 0.646. The van der Waals surface area contributed by atoms with Crippen molar-refractivity contribution in [2.45, 2.75) is 57.5 Å². The van der Waals surface area contributed by atoms with Crippen LogP contribution in [0.25, 0.3) is 0 Å². The van der Waals surface area contributed by atoms with Gasteiger partial charge in [0.1, 0.15) is 5.54 Å². The molecular formula is C12H22N2O3. The maximum atomic E-state index is 11.6. The van der Waals surface area contributed by atoms with Gasteiger partial charge in [0.25, 0.3) is 0 Å². The molecule has 0 heterocycles. The fourth-order valence-corrected chi connectivity index (χ4v) is 2.01. The molecule has 0 bridgehead atoms. The van der Waals surface area contributed by atoms with Crippen LogP contribution in [-0.2, 0) is 9.59 Å². The number of carbonyl (C=O) groups excluding carboxylic acids is 1. The Kier molecular flexibility index (Phi) is 4.93. The van der Waals surface area contributed by atoms with Gasteiger partial charge in [-0.1, -0.05) is 19.8 Å². The van der Waals surface area contributed by atoms with Gasteiger partial charge in [-0.3, -0.25) is 4.79 Å². The summed E-state index contributed by atoms with van der Waals surface area (Å²) in [7, 11) is 0. The number of hydrogen-bond acceptors (Lipinski definition) is 3. The van der Waals surface area contributed by atoms with E-state index in [4.69, 9.17) is 5.11 Å². The van der Waals surface area contributed by atoms with Crippen LogP contribution in [-0.4, -0.2) is 35.1 Å². The summed E-state index contributed by atoms with van der Waals surface area (Å²) in [5, 5.41) is 14.8. The maximum absolute atomic E-state index is 11.6. The van der Waals surface area contributed by atoms with Gasteiger partial charge >= 0.3 is 5.97 Å². The molecule has 1 amide bonds. The second-order valence-corrected chi connectivity index (χ2v) is 4.90. The third-order valence-corrected chi connectivity index (χ3v) is 3.50. The lowest BCUT2D eigenvalue weighted by Gasteiger charge is -2.25. The van der Waals surface area contributed by atoms with Crippen molar-refractivity contribution in [2.75, 3.05) is 6.54 Å². The Morgan fingerprint density at radius 3 is 2.41 bits per heavy atom. The van der Waals surface area contributed by atoms with Gasteiger partial charge in [-0.15, -0.1) is 0 Å². The van der Waals surface area contributed by atoms with E-state index in [2.05, 4.69) is 10.6 Å². The molecule has 1 fully saturated rings. The number of carbonyl (C=O) groups is 2. The number of amides is 1. The van der Waals surface area contributed by atoms with Crippen molar-refractivity contribution in [3.8, 4) is 0 Å². The van der Waals surface area contributed by atoms with Gasteiger partial charge < -0.3 is 15.7 Å². The Bertz CT molecular complexity index is 287. The third-order valence-electron chi connectivity index (χ3n) is 3.50. The first kappa shape index (κ1) is 14.0. The van der Waals surface area contributed by atoms with E-state index in [0.29, 0.717) is 12.5 Å². The molecule has 1 saturated carbocycles. The molecule has 1 unspecified atom stereocenters. The van der Waals surface area contributed by atoms with Crippen LogP contribution in [0.1, 0.15) is 46.0 Å². The summed E-state index contributed by atoms with van der Waals surface area (Å²) >= 11 is 0. The van der Waals surface area contributed by atoms with Crippen molar-refractivity contribution in [1.29, 1.82) is 0 Å². The highest BCUT2D eigenvalue weighted by atomic mass is 16.4. The lowest BCUT2D eigenvalue weighted by atomic mass is 9.99. The van der Waals surface area contributed by atoms with Crippen molar-refractivity contribution in [3.05, 3.63) is 0 Å². The van der Waals surface area contributed by atoms with Crippen LogP contribution < -0.4 is 10.6 Å². The SMILES string of the molecule is CCC(C)(NC(=O)CNC1CCCC1)C(=O)O. The molecule has 5 nitrogen and oxygen atoms in total. The van der Waals surface area contributed by atoms with Crippen LogP contribution in [0, 0.1) is 0 Å². The van der Waals surface area contributed by atoms with Crippen LogP contribution in [0.3, 0.4) is 0 Å². The van der Waals surface area contributed by atoms with Gasteiger partial charge in [-0.25, -0.2) is 4.79 Å². The molecular weight excluding hydrogens is 220 g/mol. The van der Waals surface area contributed by atoms with E-state index in [1.165, 1.54) is 19.8 Å². The molecule has 0 radical (unpaired) electrons. The smallest absolute Gasteiger partial charge is 0.329 e. The van der Waals surface area contributed by atoms with Crippen molar-refractivity contribution < 1.29 is 14.7 Å². The van der Waals surface area contributed by atoms with Crippen LogP contribution in [0.4, 0.5) is 0 Å². The van der Waals surface area contributed by atoms with Gasteiger partial charge in [0, 0.05) is 6.04 Å². The van der Waals surface area contributed by atoms with Gasteiger partial charge in [-0.2, -0.15) is 0 Å². The fraction of sp³-hybridized carbons (Fsp3) is 0.833. The summed E-state index contributed by atoms with van der Waals surface area (Å²) in [6, 6.07) is 0.415. The predicted molar refractivity (Wildman–Crippen MR) is 64.7 cm³/mol. The minimum Gasteiger partial charge on any atom is -0.480 e.